The summed E-state index contributed by atoms with van der Waals surface area (Å²) in [6, 6.07) is 7.79. The molecule has 1 saturated heterocycles. The van der Waals surface area contributed by atoms with Crippen LogP contribution in [0.1, 0.15) is 12.0 Å². The molecule has 10 heteroatoms. The second-order valence-corrected chi connectivity index (χ2v) is 9.22. The Bertz CT molecular complexity index is 1250. The van der Waals surface area contributed by atoms with Gasteiger partial charge in [-0.2, -0.15) is 9.40 Å². The molecular formula is C20H20N4O5S. The van der Waals surface area contributed by atoms with Crippen molar-refractivity contribution in [1.82, 2.24) is 14.5 Å². The van der Waals surface area contributed by atoms with Crippen molar-refractivity contribution in [3.05, 3.63) is 42.1 Å². The topological polar surface area (TPSA) is 114 Å². The van der Waals surface area contributed by atoms with Gasteiger partial charge in [-0.3, -0.25) is 9.89 Å². The Balaban J connectivity index is 1.39. The molecule has 0 saturated carbocycles. The van der Waals surface area contributed by atoms with E-state index in [9.17, 15) is 13.2 Å². The van der Waals surface area contributed by atoms with Gasteiger partial charge in [0, 0.05) is 23.7 Å². The number of nitrogens with one attached hydrogen (secondary N) is 2. The van der Waals surface area contributed by atoms with Crippen molar-refractivity contribution in [2.24, 2.45) is 0 Å². The van der Waals surface area contributed by atoms with Crippen LogP contribution in [0.3, 0.4) is 0 Å². The molecule has 1 atom stereocenters. The van der Waals surface area contributed by atoms with Crippen molar-refractivity contribution in [2.45, 2.75) is 24.3 Å². The number of amides is 1. The Morgan fingerprint density at radius 1 is 1.20 bits per heavy atom. The highest BCUT2D eigenvalue weighted by atomic mass is 32.2. The van der Waals surface area contributed by atoms with E-state index in [1.54, 1.807) is 30.5 Å². The Labute approximate surface area is 173 Å². The van der Waals surface area contributed by atoms with Gasteiger partial charge in [0.1, 0.15) is 24.2 Å². The first-order valence-electron chi connectivity index (χ1n) is 9.59. The number of anilines is 1. The van der Waals surface area contributed by atoms with E-state index in [1.165, 1.54) is 4.31 Å². The van der Waals surface area contributed by atoms with Gasteiger partial charge < -0.3 is 14.8 Å². The molecule has 2 aliphatic heterocycles. The molecule has 0 bridgehead atoms. The molecule has 156 valence electrons. The molecule has 0 unspecified atom stereocenters. The quantitative estimate of drug-likeness (QED) is 0.658. The molecular weight excluding hydrogens is 408 g/mol. The molecule has 9 nitrogen and oxygen atoms in total. The van der Waals surface area contributed by atoms with Gasteiger partial charge in [-0.15, -0.1) is 0 Å². The molecule has 1 amide bonds. The Kier molecular flexibility index (Phi) is 4.40. The predicted octanol–water partition coefficient (Wildman–Crippen LogP) is 2.04. The number of aryl methyl sites for hydroxylation is 1. The molecule has 30 heavy (non-hydrogen) atoms. The Hall–Kier alpha value is -3.11. The van der Waals surface area contributed by atoms with Gasteiger partial charge in [-0.1, -0.05) is 0 Å². The molecule has 2 aliphatic rings. The van der Waals surface area contributed by atoms with Crippen LogP contribution in [0, 0.1) is 6.92 Å². The number of nitrogens with zero attached hydrogens (tertiary/aromatic N) is 2. The first-order valence-corrected chi connectivity index (χ1v) is 11.0. The molecule has 3 aromatic rings. The first-order chi connectivity index (χ1) is 14.4. The monoisotopic (exact) mass is 428 g/mol. The highest BCUT2D eigenvalue weighted by Gasteiger charge is 2.43. The number of rotatable bonds is 4. The van der Waals surface area contributed by atoms with E-state index >= 15 is 0 Å². The minimum Gasteiger partial charge on any atom is -0.486 e. The second-order valence-electron chi connectivity index (χ2n) is 7.37. The van der Waals surface area contributed by atoms with Gasteiger partial charge in [0.2, 0.25) is 15.9 Å². The summed E-state index contributed by atoms with van der Waals surface area (Å²) in [5.41, 5.74) is 1.78. The fraction of sp³-hybridized carbons (Fsp3) is 0.300. The van der Waals surface area contributed by atoms with Crippen LogP contribution in [0.5, 0.6) is 11.5 Å². The molecule has 0 aliphatic carbocycles. The van der Waals surface area contributed by atoms with Crippen molar-refractivity contribution < 1.29 is 22.7 Å². The molecule has 2 N–H and O–H groups in total. The summed E-state index contributed by atoms with van der Waals surface area (Å²) >= 11 is 0. The number of carbonyl (C=O) groups excluding carboxylic acids is 1. The fourth-order valence-corrected chi connectivity index (χ4v) is 5.65. The number of benzene rings is 2. The van der Waals surface area contributed by atoms with Crippen LogP contribution < -0.4 is 14.8 Å². The number of sulfonamides is 1. The molecule has 1 fully saturated rings. The van der Waals surface area contributed by atoms with Gasteiger partial charge >= 0.3 is 0 Å². The average Bonchev–Trinajstić information content (AvgIpc) is 3.14. The third-order valence-corrected chi connectivity index (χ3v) is 7.26. The van der Waals surface area contributed by atoms with E-state index in [0.717, 1.165) is 5.56 Å². The molecule has 3 heterocycles. The van der Waals surface area contributed by atoms with E-state index in [-0.39, 0.29) is 17.3 Å². The van der Waals surface area contributed by atoms with Crippen LogP contribution in [-0.2, 0) is 14.8 Å². The van der Waals surface area contributed by atoms with Crippen LogP contribution in [0.25, 0.3) is 10.9 Å². The van der Waals surface area contributed by atoms with Crippen LogP contribution in [0.2, 0.25) is 0 Å². The smallest absolute Gasteiger partial charge is 0.245 e. The number of aromatic amines is 1. The number of ether oxygens (including phenoxy) is 2. The van der Waals surface area contributed by atoms with Crippen LogP contribution in [-0.4, -0.2) is 54.6 Å². The van der Waals surface area contributed by atoms with Gasteiger partial charge in [0.05, 0.1) is 11.7 Å². The lowest BCUT2D eigenvalue weighted by Gasteiger charge is -2.38. The Morgan fingerprint density at radius 3 is 2.77 bits per heavy atom. The normalized spacial score (nSPS) is 18.8. The van der Waals surface area contributed by atoms with E-state index in [4.69, 9.17) is 9.47 Å². The zero-order valence-electron chi connectivity index (χ0n) is 16.2. The van der Waals surface area contributed by atoms with Gasteiger partial charge in [0.15, 0.2) is 11.5 Å². The van der Waals surface area contributed by atoms with Gasteiger partial charge in [-0.05, 0) is 43.2 Å². The van der Waals surface area contributed by atoms with E-state index < -0.39 is 16.1 Å². The molecule has 0 spiro atoms. The summed E-state index contributed by atoms with van der Waals surface area (Å²) < 4.78 is 38.8. The predicted molar refractivity (Wildman–Crippen MR) is 109 cm³/mol. The van der Waals surface area contributed by atoms with Crippen molar-refractivity contribution in [3.63, 3.8) is 0 Å². The number of aromatic nitrogens is 2. The van der Waals surface area contributed by atoms with Crippen LogP contribution >= 0.6 is 0 Å². The molecule has 5 rings (SSSR count). The minimum atomic E-state index is -3.87. The summed E-state index contributed by atoms with van der Waals surface area (Å²) in [6.45, 7) is 3.03. The van der Waals surface area contributed by atoms with Crippen molar-refractivity contribution in [3.8, 4) is 11.5 Å². The lowest BCUT2D eigenvalue weighted by molar-refractivity contribution is -0.122. The highest BCUT2D eigenvalue weighted by molar-refractivity contribution is 7.89. The summed E-state index contributed by atoms with van der Waals surface area (Å²) in [6.07, 6.45) is 2.04. The molecule has 0 radical (unpaired) electrons. The number of hydrogen-bond acceptors (Lipinski definition) is 6. The average molecular weight is 428 g/mol. The van der Waals surface area contributed by atoms with Crippen LogP contribution in [0.15, 0.2) is 41.4 Å². The Morgan fingerprint density at radius 2 is 2.00 bits per heavy atom. The second kappa shape index (κ2) is 6.99. The van der Waals surface area contributed by atoms with Crippen LogP contribution in [0.4, 0.5) is 5.69 Å². The third-order valence-electron chi connectivity index (χ3n) is 5.33. The van der Waals surface area contributed by atoms with Gasteiger partial charge in [0.25, 0.3) is 0 Å². The molecule has 1 aromatic heterocycles. The van der Waals surface area contributed by atoms with Crippen molar-refractivity contribution in [1.29, 1.82) is 0 Å². The largest absolute Gasteiger partial charge is 0.486 e. The number of hydrogen-bond donors (Lipinski definition) is 2. The van der Waals surface area contributed by atoms with Crippen molar-refractivity contribution in [2.75, 3.05) is 25.1 Å². The first kappa shape index (κ1) is 18.9. The van der Waals surface area contributed by atoms with E-state index in [1.807, 2.05) is 13.0 Å². The number of fused-ring (bicyclic) bond motifs is 2. The zero-order valence-corrected chi connectivity index (χ0v) is 17.0. The zero-order chi connectivity index (χ0) is 20.9. The summed E-state index contributed by atoms with van der Waals surface area (Å²) in [5.74, 6) is 0.795. The maximum Gasteiger partial charge on any atom is 0.245 e. The highest BCUT2D eigenvalue weighted by Crippen LogP contribution is 2.34. The summed E-state index contributed by atoms with van der Waals surface area (Å²) in [5, 5.41) is 10.2. The van der Waals surface area contributed by atoms with E-state index in [0.29, 0.717) is 47.7 Å². The number of carbonyl (C=O) groups is 1. The van der Waals surface area contributed by atoms with E-state index in [2.05, 4.69) is 15.5 Å². The number of H-pyrrole nitrogens is 1. The standard InChI is InChI=1S/C20H20N4O5S/c1-12-8-13-11-21-23-19(13)18(9-12)30(26,27)24-5-4-15(24)20(25)22-14-2-3-16-17(10-14)29-7-6-28-16/h2-3,8-11,15H,4-7H2,1H3,(H,21,23)(H,22,25)/t15-/m0/s1. The third kappa shape index (κ3) is 3.08. The maximum absolute atomic E-state index is 13.3. The summed E-state index contributed by atoms with van der Waals surface area (Å²) in [4.78, 5) is 13.0. The van der Waals surface area contributed by atoms with Gasteiger partial charge in [-0.25, -0.2) is 8.42 Å². The fourth-order valence-electron chi connectivity index (χ4n) is 3.76. The van der Waals surface area contributed by atoms with Crippen molar-refractivity contribution >= 4 is 32.5 Å². The maximum atomic E-state index is 13.3. The molecule has 2 aromatic carbocycles. The SMILES string of the molecule is Cc1cc(S(=O)(=O)N2CC[C@H]2C(=O)Nc2ccc3c(c2)OCCO3)c2[nH]ncc2c1. The lowest BCUT2D eigenvalue weighted by Crippen LogP contribution is -2.56. The summed E-state index contributed by atoms with van der Waals surface area (Å²) in [7, 11) is -3.87. The lowest BCUT2D eigenvalue weighted by atomic mass is 10.1. The minimum absolute atomic E-state index is 0.131.